The van der Waals surface area contributed by atoms with Crippen LogP contribution in [0.2, 0.25) is 18.6 Å². The van der Waals surface area contributed by atoms with Gasteiger partial charge in [-0.25, -0.2) is 0 Å². The lowest BCUT2D eigenvalue weighted by atomic mass is 9.81. The van der Waals surface area contributed by atoms with Crippen molar-refractivity contribution >= 4 is 8.32 Å². The van der Waals surface area contributed by atoms with Crippen molar-refractivity contribution in [1.82, 2.24) is 0 Å². The van der Waals surface area contributed by atoms with Crippen molar-refractivity contribution < 1.29 is 4.43 Å². The van der Waals surface area contributed by atoms with E-state index in [2.05, 4.69) is 33.0 Å². The Morgan fingerprint density at radius 1 is 0.958 bits per heavy atom. The second-order valence-corrected chi connectivity index (χ2v) is 13.7. The summed E-state index contributed by atoms with van der Waals surface area (Å²) in [5.74, 6) is 4.88. The monoisotopic (exact) mass is 344 g/mol. The highest BCUT2D eigenvalue weighted by molar-refractivity contribution is 6.73. The maximum Gasteiger partial charge on any atom is 0.252 e. The molecule has 1 nitrogen and oxygen atoms in total. The molecule has 0 aromatic carbocycles. The number of allylic oxidation sites excluding steroid dienone is 4. The molecule has 0 amide bonds. The van der Waals surface area contributed by atoms with Crippen LogP contribution in [0.1, 0.15) is 71.6 Å². The molecule has 5 unspecified atom stereocenters. The summed E-state index contributed by atoms with van der Waals surface area (Å²) < 4.78 is 7.06. The summed E-state index contributed by atoms with van der Waals surface area (Å²) in [5, 5.41) is 0. The van der Waals surface area contributed by atoms with Crippen LogP contribution >= 0.6 is 0 Å². The molecule has 2 saturated carbocycles. The van der Waals surface area contributed by atoms with Crippen molar-refractivity contribution in [3.63, 3.8) is 0 Å². The van der Waals surface area contributed by atoms with Crippen molar-refractivity contribution in [2.45, 2.75) is 90.3 Å². The molecule has 4 aliphatic carbocycles. The standard InChI is InChI=1S/C22H36OSi/c1-15-13-17-9-5-7-11-19(17)21(15)23-24(3,4)22-16(2)14-18-10-6-8-12-20(18)22/h14,17-20,22H,5-13H2,1-4H3. The Morgan fingerprint density at radius 2 is 1.67 bits per heavy atom. The molecule has 0 aromatic rings. The highest BCUT2D eigenvalue weighted by Crippen LogP contribution is 2.54. The fourth-order valence-corrected chi connectivity index (χ4v) is 10.4. The van der Waals surface area contributed by atoms with Gasteiger partial charge in [-0.2, -0.15) is 0 Å². The van der Waals surface area contributed by atoms with Gasteiger partial charge in [-0.3, -0.25) is 0 Å². The van der Waals surface area contributed by atoms with Crippen LogP contribution in [0.4, 0.5) is 0 Å². The molecule has 2 heteroatoms. The van der Waals surface area contributed by atoms with Crippen LogP contribution in [0.25, 0.3) is 0 Å². The minimum atomic E-state index is -1.75. The van der Waals surface area contributed by atoms with Crippen molar-refractivity contribution in [2.75, 3.05) is 0 Å². The molecular formula is C22H36OSi. The molecule has 5 atom stereocenters. The Kier molecular flexibility index (Phi) is 4.47. The van der Waals surface area contributed by atoms with Crippen LogP contribution in [-0.2, 0) is 4.43 Å². The highest BCUT2D eigenvalue weighted by atomic mass is 28.4. The second-order valence-electron chi connectivity index (χ2n) is 9.71. The minimum Gasteiger partial charge on any atom is -0.546 e. The van der Waals surface area contributed by atoms with Gasteiger partial charge < -0.3 is 4.43 Å². The molecule has 0 heterocycles. The lowest BCUT2D eigenvalue weighted by molar-refractivity contribution is 0.225. The molecule has 4 aliphatic rings. The molecule has 0 N–H and O–H groups in total. The fourth-order valence-electron chi connectivity index (χ4n) is 6.77. The van der Waals surface area contributed by atoms with Gasteiger partial charge in [0.05, 0.1) is 5.76 Å². The molecule has 0 radical (unpaired) electrons. The third-order valence-corrected chi connectivity index (χ3v) is 10.8. The highest BCUT2D eigenvalue weighted by Gasteiger charge is 2.49. The van der Waals surface area contributed by atoms with Crippen LogP contribution in [-0.4, -0.2) is 8.32 Å². The van der Waals surface area contributed by atoms with Crippen molar-refractivity contribution in [3.8, 4) is 0 Å². The van der Waals surface area contributed by atoms with E-state index in [0.29, 0.717) is 0 Å². The van der Waals surface area contributed by atoms with Gasteiger partial charge >= 0.3 is 0 Å². The molecule has 0 spiro atoms. The molecule has 0 bridgehead atoms. The third-order valence-electron chi connectivity index (χ3n) is 7.63. The van der Waals surface area contributed by atoms with Gasteiger partial charge in [-0.15, -0.1) is 0 Å². The van der Waals surface area contributed by atoms with E-state index in [-0.39, 0.29) is 0 Å². The quantitative estimate of drug-likeness (QED) is 0.403. The summed E-state index contributed by atoms with van der Waals surface area (Å²) in [6.07, 6.45) is 15.4. The number of hydrogen-bond donors (Lipinski definition) is 0. The zero-order chi connectivity index (χ0) is 16.9. The van der Waals surface area contributed by atoms with Crippen LogP contribution in [0.5, 0.6) is 0 Å². The van der Waals surface area contributed by atoms with Gasteiger partial charge in [-0.1, -0.05) is 37.3 Å². The number of hydrogen-bond acceptors (Lipinski definition) is 1. The Hall–Kier alpha value is -0.503. The Balaban J connectivity index is 1.54. The summed E-state index contributed by atoms with van der Waals surface area (Å²) in [6.45, 7) is 9.80. The number of fused-ring (bicyclic) bond motifs is 2. The molecule has 0 aliphatic heterocycles. The molecule has 0 saturated heterocycles. The summed E-state index contributed by atoms with van der Waals surface area (Å²) >= 11 is 0. The maximum absolute atomic E-state index is 7.06. The van der Waals surface area contributed by atoms with Gasteiger partial charge in [0, 0.05) is 11.5 Å². The zero-order valence-corrected chi connectivity index (χ0v) is 17.2. The first-order valence-electron chi connectivity index (χ1n) is 10.5. The molecule has 2 fully saturated rings. The molecule has 134 valence electrons. The van der Waals surface area contributed by atoms with Crippen LogP contribution in [0, 0.1) is 23.7 Å². The van der Waals surface area contributed by atoms with Gasteiger partial charge in [0.2, 0.25) is 0 Å². The van der Waals surface area contributed by atoms with E-state index in [9.17, 15) is 0 Å². The molecule has 4 rings (SSSR count). The van der Waals surface area contributed by atoms with Crippen LogP contribution in [0.15, 0.2) is 23.0 Å². The number of rotatable bonds is 3. The summed E-state index contributed by atoms with van der Waals surface area (Å²) in [7, 11) is -1.75. The Morgan fingerprint density at radius 3 is 2.50 bits per heavy atom. The molecule has 0 aromatic heterocycles. The minimum absolute atomic E-state index is 0.755. The first-order valence-corrected chi connectivity index (χ1v) is 13.5. The lowest BCUT2D eigenvalue weighted by Crippen LogP contribution is -2.41. The second kappa shape index (κ2) is 6.34. The SMILES string of the molecule is CC1=CC2CCCCC2C1[Si](C)(C)OC1=C(C)CC2CCCCC12. The third kappa shape index (κ3) is 2.83. The summed E-state index contributed by atoms with van der Waals surface area (Å²) in [6, 6.07) is 0. The van der Waals surface area contributed by atoms with E-state index >= 15 is 0 Å². The van der Waals surface area contributed by atoms with E-state index < -0.39 is 8.32 Å². The van der Waals surface area contributed by atoms with Gasteiger partial charge in [0.1, 0.15) is 0 Å². The van der Waals surface area contributed by atoms with E-state index in [1.807, 2.05) is 0 Å². The average Bonchev–Trinajstić information content (AvgIpc) is 3.04. The van der Waals surface area contributed by atoms with Crippen molar-refractivity contribution in [1.29, 1.82) is 0 Å². The Labute approximate surface area is 150 Å². The van der Waals surface area contributed by atoms with Gasteiger partial charge in [-0.05, 0) is 82.4 Å². The van der Waals surface area contributed by atoms with E-state index in [1.165, 1.54) is 63.5 Å². The van der Waals surface area contributed by atoms with Crippen molar-refractivity contribution in [3.05, 3.63) is 23.0 Å². The Bertz CT molecular complexity index is 558. The van der Waals surface area contributed by atoms with Gasteiger partial charge in [0.25, 0.3) is 8.32 Å². The fraction of sp³-hybridized carbons (Fsp3) is 0.818. The average molecular weight is 345 g/mol. The normalized spacial score (nSPS) is 39.5. The first kappa shape index (κ1) is 16.9. The van der Waals surface area contributed by atoms with Gasteiger partial charge in [0.15, 0.2) is 0 Å². The molecule has 24 heavy (non-hydrogen) atoms. The predicted octanol–water partition coefficient (Wildman–Crippen LogP) is 6.83. The van der Waals surface area contributed by atoms with E-state index in [1.54, 1.807) is 11.1 Å². The van der Waals surface area contributed by atoms with E-state index in [4.69, 9.17) is 4.43 Å². The largest absolute Gasteiger partial charge is 0.546 e. The summed E-state index contributed by atoms with van der Waals surface area (Å²) in [5.41, 5.74) is 4.01. The maximum atomic E-state index is 7.06. The summed E-state index contributed by atoms with van der Waals surface area (Å²) in [4.78, 5) is 0. The molecular weight excluding hydrogens is 308 g/mol. The topological polar surface area (TPSA) is 9.23 Å². The van der Waals surface area contributed by atoms with Crippen LogP contribution < -0.4 is 0 Å². The zero-order valence-electron chi connectivity index (χ0n) is 16.2. The van der Waals surface area contributed by atoms with Crippen LogP contribution in [0.3, 0.4) is 0 Å². The predicted molar refractivity (Wildman–Crippen MR) is 104 cm³/mol. The van der Waals surface area contributed by atoms with E-state index in [0.717, 1.165) is 29.2 Å². The van der Waals surface area contributed by atoms with Crippen molar-refractivity contribution in [2.24, 2.45) is 23.7 Å². The first-order chi connectivity index (χ1) is 11.5. The smallest absolute Gasteiger partial charge is 0.252 e. The lowest BCUT2D eigenvalue weighted by Gasteiger charge is -2.40.